The summed E-state index contributed by atoms with van der Waals surface area (Å²) in [4.78, 5) is 21.6. The summed E-state index contributed by atoms with van der Waals surface area (Å²) in [5.74, 6) is -0.184. The van der Waals surface area contributed by atoms with Crippen LogP contribution in [-0.4, -0.2) is 36.9 Å². The van der Waals surface area contributed by atoms with E-state index in [9.17, 15) is 9.59 Å². The summed E-state index contributed by atoms with van der Waals surface area (Å²) in [6, 6.07) is 16.4. The van der Waals surface area contributed by atoms with E-state index >= 15 is 0 Å². The van der Waals surface area contributed by atoms with Crippen LogP contribution in [0, 0.1) is 10.8 Å². The maximum Gasteiger partial charge on any atom is 0.310 e. The van der Waals surface area contributed by atoms with Gasteiger partial charge in [-0.1, -0.05) is 92.6 Å². The van der Waals surface area contributed by atoms with Crippen molar-refractivity contribution in [1.29, 1.82) is 0 Å². The molecular formula is C37H55Br2O6Zn-. The van der Waals surface area contributed by atoms with Gasteiger partial charge in [-0.25, -0.2) is 0 Å². The van der Waals surface area contributed by atoms with Crippen molar-refractivity contribution in [3.05, 3.63) is 69.7 Å². The molecule has 0 bridgehead atoms. The van der Waals surface area contributed by atoms with Gasteiger partial charge in [-0.2, -0.15) is 0 Å². The summed E-state index contributed by atoms with van der Waals surface area (Å²) >= 11 is 3.58. The van der Waals surface area contributed by atoms with Crippen LogP contribution in [0.3, 0.4) is 0 Å². The van der Waals surface area contributed by atoms with Gasteiger partial charge in [0.2, 0.25) is 0 Å². The van der Waals surface area contributed by atoms with E-state index in [2.05, 4.69) is 72.6 Å². The molecule has 2 fully saturated rings. The molecule has 6 nitrogen and oxygen atoms in total. The molecule has 0 aliphatic carbocycles. The third kappa shape index (κ3) is 17.3. The monoisotopic (exact) mass is 817 g/mol. The van der Waals surface area contributed by atoms with Crippen molar-refractivity contribution in [2.45, 2.75) is 125 Å². The predicted octanol–water partition coefficient (Wildman–Crippen LogP) is 10.2. The van der Waals surface area contributed by atoms with E-state index in [-0.39, 0.29) is 65.7 Å². The smallest absolute Gasteiger partial charge is 0.310 e. The third-order valence-corrected chi connectivity index (χ3v) is 8.00. The molecule has 2 aliphatic heterocycles. The van der Waals surface area contributed by atoms with Crippen LogP contribution in [0.4, 0.5) is 0 Å². The number of hydrogen-bond acceptors (Lipinski definition) is 6. The van der Waals surface area contributed by atoms with Gasteiger partial charge in [0.25, 0.3) is 0 Å². The quantitative estimate of drug-likeness (QED) is 0.170. The Balaban J connectivity index is 0.000000733. The first-order valence-electron chi connectivity index (χ1n) is 15.6. The molecule has 2 aromatic carbocycles. The summed E-state index contributed by atoms with van der Waals surface area (Å²) in [6.07, 6.45) is 5.16. The largest absolute Gasteiger partial charge is 0.649 e. The van der Waals surface area contributed by atoms with Crippen molar-refractivity contribution in [3.8, 4) is 0 Å². The number of benzene rings is 2. The minimum atomic E-state index is -0.447. The molecular weight excluding hydrogens is 766 g/mol. The van der Waals surface area contributed by atoms with E-state index in [0.29, 0.717) is 11.8 Å². The second kappa shape index (κ2) is 19.8. The molecule has 2 aliphatic rings. The molecule has 2 atom stereocenters. The third-order valence-electron chi connectivity index (χ3n) is 7.27. The zero-order valence-electron chi connectivity index (χ0n) is 29.7. The van der Waals surface area contributed by atoms with Gasteiger partial charge in [-0.15, -0.1) is 17.0 Å². The van der Waals surface area contributed by atoms with E-state index in [4.69, 9.17) is 14.2 Å². The Kier molecular flexibility index (Phi) is 19.3. The Bertz CT molecular complexity index is 1180. The molecule has 4 rings (SSSR count). The molecule has 0 radical (unpaired) electrons. The predicted molar refractivity (Wildman–Crippen MR) is 190 cm³/mol. The number of halogens is 2. The number of hydrogen-bond donors (Lipinski definition) is 0. The van der Waals surface area contributed by atoms with E-state index in [1.807, 2.05) is 45.0 Å². The average Bonchev–Trinajstić information content (AvgIpc) is 2.89. The second-order valence-electron chi connectivity index (χ2n) is 15.3. The fourth-order valence-corrected chi connectivity index (χ4v) is 5.44. The summed E-state index contributed by atoms with van der Waals surface area (Å²) in [6.45, 7) is 23.0. The van der Waals surface area contributed by atoms with Crippen molar-refractivity contribution in [2.24, 2.45) is 10.8 Å². The van der Waals surface area contributed by atoms with Crippen molar-refractivity contribution in [3.63, 3.8) is 0 Å². The minimum absolute atomic E-state index is 0. The maximum absolute atomic E-state index is 12.1. The summed E-state index contributed by atoms with van der Waals surface area (Å²) in [5, 5.41) is 0. The van der Waals surface area contributed by atoms with E-state index in [1.165, 1.54) is 18.5 Å². The Labute approximate surface area is 310 Å². The van der Waals surface area contributed by atoms with Gasteiger partial charge in [0.1, 0.15) is 5.60 Å². The van der Waals surface area contributed by atoms with Crippen LogP contribution in [0.2, 0.25) is 0 Å². The Morgan fingerprint density at radius 3 is 1.67 bits per heavy atom. The molecule has 46 heavy (non-hydrogen) atoms. The van der Waals surface area contributed by atoms with E-state index in [1.54, 1.807) is 20.8 Å². The van der Waals surface area contributed by atoms with Crippen molar-refractivity contribution in [1.82, 2.24) is 0 Å². The first-order valence-corrected chi connectivity index (χ1v) is 16.4. The van der Waals surface area contributed by atoms with Gasteiger partial charge in [0, 0.05) is 24.0 Å². The standard InChI is InChI=1S/C19H28O3.C13H17BrO.C5H9O2.BrH.Zn/c1-18(2,3)22-17(20)12-14-8-6-7-9-15(14)16-10-11-19(4,5)13-21-16;1-13(2)8-7-12(15-9-13)10-5-3-4-6-11(10)14;1-5(2,3)7-4-6;;/h6-9,16H,10-13H2,1-5H3;3-6,12H,7-9H2,1-2H3;1-3H3;1H;/q;;-1;;. The molecule has 2 aromatic rings. The maximum atomic E-state index is 12.1. The summed E-state index contributed by atoms with van der Waals surface area (Å²) < 4.78 is 23.0. The van der Waals surface area contributed by atoms with Crippen LogP contribution < -0.4 is 0 Å². The topological polar surface area (TPSA) is 71.1 Å². The molecule has 0 amide bonds. The summed E-state index contributed by atoms with van der Waals surface area (Å²) in [7, 11) is 0. The number of rotatable bonds is 5. The van der Waals surface area contributed by atoms with E-state index < -0.39 is 5.60 Å². The number of ether oxygens (including phenoxy) is 4. The van der Waals surface area contributed by atoms with Crippen LogP contribution in [0.1, 0.15) is 124 Å². The first kappa shape index (κ1) is 44.9. The van der Waals surface area contributed by atoms with Crippen LogP contribution in [0.5, 0.6) is 0 Å². The zero-order chi connectivity index (χ0) is 33.2. The Morgan fingerprint density at radius 1 is 0.826 bits per heavy atom. The van der Waals surface area contributed by atoms with Gasteiger partial charge in [-0.3, -0.25) is 4.79 Å². The van der Waals surface area contributed by atoms with Gasteiger partial charge >= 0.3 is 5.97 Å². The van der Waals surface area contributed by atoms with Gasteiger partial charge < -0.3 is 23.7 Å². The zero-order valence-corrected chi connectivity index (χ0v) is 35.9. The molecule has 9 heteroatoms. The van der Waals surface area contributed by atoms with Crippen molar-refractivity contribution in [2.75, 3.05) is 13.2 Å². The Morgan fingerprint density at radius 2 is 1.28 bits per heavy atom. The number of esters is 1. The molecule has 256 valence electrons. The number of carbonyl (C=O) groups is 1. The SMILES string of the molecule is Br.CC(C)(C)O[C-]=O.CC1(C)CCC(c2ccccc2Br)OC1.CC1(C)CCC(c2ccccc2CC(=O)OC(C)(C)C)OC1.[Zn]. The van der Waals surface area contributed by atoms with Crippen LogP contribution in [0.25, 0.3) is 0 Å². The van der Waals surface area contributed by atoms with E-state index in [0.717, 1.165) is 48.1 Å². The molecule has 2 heterocycles. The molecule has 0 N–H and O–H groups in total. The average molecular weight is 821 g/mol. The fourth-order valence-electron chi connectivity index (χ4n) is 4.90. The molecule has 2 unspecified atom stereocenters. The van der Waals surface area contributed by atoms with Crippen LogP contribution in [-0.2, 0) is 54.4 Å². The van der Waals surface area contributed by atoms with Crippen molar-refractivity contribution >= 4 is 45.4 Å². The first-order chi connectivity index (χ1) is 20.3. The normalized spacial score (nSPS) is 20.1. The minimum Gasteiger partial charge on any atom is -0.649 e. The Hall–Kier alpha value is -1.12. The molecule has 2 saturated heterocycles. The van der Waals surface area contributed by atoms with Crippen LogP contribution in [0.15, 0.2) is 53.0 Å². The summed E-state index contributed by atoms with van der Waals surface area (Å²) in [5.41, 5.74) is 3.20. The van der Waals surface area contributed by atoms with Gasteiger partial charge in [0.15, 0.2) is 0 Å². The molecule has 0 spiro atoms. The van der Waals surface area contributed by atoms with Crippen LogP contribution >= 0.6 is 32.9 Å². The molecule has 0 saturated carbocycles. The molecule has 0 aromatic heterocycles. The van der Waals surface area contributed by atoms with Crippen molar-refractivity contribution < 1.29 is 48.0 Å². The fraction of sp³-hybridized carbons (Fsp3) is 0.622. The van der Waals surface area contributed by atoms with Gasteiger partial charge in [0.05, 0.1) is 37.4 Å². The second-order valence-corrected chi connectivity index (χ2v) is 16.1. The number of carbonyl (C=O) groups excluding carboxylic acids is 2. The van der Waals surface area contributed by atoms with Gasteiger partial charge in [-0.05, 0) is 101 Å².